The summed E-state index contributed by atoms with van der Waals surface area (Å²) in [6, 6.07) is 0. The number of ketones is 1. The molecule has 16 heavy (non-hydrogen) atoms. The van der Waals surface area contributed by atoms with Gasteiger partial charge in [-0.25, -0.2) is 0 Å². The van der Waals surface area contributed by atoms with Crippen molar-refractivity contribution in [1.29, 1.82) is 0 Å². The lowest BCUT2D eigenvalue weighted by atomic mass is 10.00. The smallest absolute Gasteiger partial charge is 0.306 e. The molecule has 4 heteroatoms. The van der Waals surface area contributed by atoms with Gasteiger partial charge in [0.1, 0.15) is 5.78 Å². The lowest BCUT2D eigenvalue weighted by molar-refractivity contribution is -0.145. The fraction of sp³-hybridized carbons (Fsp3) is 0.833. The van der Waals surface area contributed by atoms with Crippen molar-refractivity contribution in [3.8, 4) is 0 Å². The van der Waals surface area contributed by atoms with Crippen LogP contribution in [0.4, 0.5) is 0 Å². The van der Waals surface area contributed by atoms with E-state index in [0.717, 1.165) is 30.8 Å². The van der Waals surface area contributed by atoms with Gasteiger partial charge in [0.05, 0.1) is 13.0 Å². The van der Waals surface area contributed by atoms with E-state index < -0.39 is 0 Å². The van der Waals surface area contributed by atoms with E-state index in [2.05, 4.69) is 6.92 Å². The Hall–Kier alpha value is -0.510. The number of carbonyl (C=O) groups excluding carboxylic acids is 2. The Balaban J connectivity index is 2.08. The molecule has 0 aliphatic carbocycles. The van der Waals surface area contributed by atoms with E-state index in [1.54, 1.807) is 0 Å². The largest absolute Gasteiger partial charge is 0.466 e. The second-order valence-corrected chi connectivity index (χ2v) is 5.25. The maximum absolute atomic E-state index is 11.7. The van der Waals surface area contributed by atoms with E-state index >= 15 is 0 Å². The van der Waals surface area contributed by atoms with Crippen LogP contribution < -0.4 is 0 Å². The molecular formula is C12H20O3S. The van der Waals surface area contributed by atoms with Gasteiger partial charge >= 0.3 is 5.97 Å². The van der Waals surface area contributed by atoms with Crippen LogP contribution in [0.1, 0.15) is 39.0 Å². The Bertz CT molecular complexity index is 234. The molecule has 0 aromatic carbocycles. The lowest BCUT2D eigenvalue weighted by Gasteiger charge is -2.07. The average molecular weight is 244 g/mol. The average Bonchev–Trinajstić information content (AvgIpc) is 2.79. The molecule has 0 saturated carbocycles. The van der Waals surface area contributed by atoms with Crippen LogP contribution in [0.5, 0.6) is 0 Å². The molecule has 0 N–H and O–H groups in total. The lowest BCUT2D eigenvalue weighted by Crippen LogP contribution is -2.16. The number of hydrogen-bond donors (Lipinski definition) is 0. The first-order chi connectivity index (χ1) is 7.74. The third-order valence-electron chi connectivity index (χ3n) is 2.72. The minimum absolute atomic E-state index is 0.188. The van der Waals surface area contributed by atoms with Crippen LogP contribution in [0.15, 0.2) is 0 Å². The number of hydrogen-bond acceptors (Lipinski definition) is 4. The molecule has 1 heterocycles. The number of carbonyl (C=O) groups is 2. The molecule has 3 nitrogen and oxygen atoms in total. The SMILES string of the molecule is CCCCOC(=O)CCC(=O)C1CCSC1. The minimum atomic E-state index is -0.229. The summed E-state index contributed by atoms with van der Waals surface area (Å²) in [5, 5.41) is 0. The van der Waals surface area contributed by atoms with Crippen LogP contribution in [0, 0.1) is 5.92 Å². The number of esters is 1. The van der Waals surface area contributed by atoms with Crippen molar-refractivity contribution < 1.29 is 14.3 Å². The van der Waals surface area contributed by atoms with Crippen molar-refractivity contribution in [2.75, 3.05) is 18.1 Å². The van der Waals surface area contributed by atoms with Gasteiger partial charge in [-0.05, 0) is 18.6 Å². The van der Waals surface area contributed by atoms with Crippen molar-refractivity contribution in [3.05, 3.63) is 0 Å². The Morgan fingerprint density at radius 3 is 2.81 bits per heavy atom. The molecule has 0 amide bonds. The molecule has 0 bridgehead atoms. The van der Waals surface area contributed by atoms with Gasteiger partial charge < -0.3 is 4.74 Å². The summed E-state index contributed by atoms with van der Waals surface area (Å²) in [5.74, 6) is 2.21. The zero-order chi connectivity index (χ0) is 11.8. The Morgan fingerprint density at radius 2 is 2.19 bits per heavy atom. The minimum Gasteiger partial charge on any atom is -0.466 e. The number of thioether (sulfide) groups is 1. The van der Waals surface area contributed by atoms with Crippen molar-refractivity contribution in [2.24, 2.45) is 5.92 Å². The molecule has 1 rings (SSSR count). The highest BCUT2D eigenvalue weighted by atomic mass is 32.2. The normalized spacial score (nSPS) is 19.7. The molecule has 1 aliphatic rings. The van der Waals surface area contributed by atoms with Gasteiger partial charge in [-0.2, -0.15) is 11.8 Å². The standard InChI is InChI=1S/C12H20O3S/c1-2-3-7-15-12(14)5-4-11(13)10-6-8-16-9-10/h10H,2-9H2,1H3. The number of Topliss-reactive ketones (excluding diaryl/α,β-unsaturated/α-hetero) is 1. The third-order valence-corrected chi connectivity index (χ3v) is 3.88. The van der Waals surface area contributed by atoms with Crippen LogP contribution in [0.3, 0.4) is 0 Å². The molecule has 0 aromatic rings. The quantitative estimate of drug-likeness (QED) is 0.509. The van der Waals surface area contributed by atoms with E-state index in [1.165, 1.54) is 0 Å². The first-order valence-corrected chi connectivity index (χ1v) is 7.15. The van der Waals surface area contributed by atoms with Crippen molar-refractivity contribution in [1.82, 2.24) is 0 Å². The molecule has 92 valence electrons. The molecule has 1 saturated heterocycles. The summed E-state index contributed by atoms with van der Waals surface area (Å²) in [7, 11) is 0. The van der Waals surface area contributed by atoms with Gasteiger partial charge in [-0.15, -0.1) is 0 Å². The first-order valence-electron chi connectivity index (χ1n) is 6.00. The molecule has 0 aromatic heterocycles. The van der Waals surface area contributed by atoms with E-state index in [4.69, 9.17) is 4.74 Å². The van der Waals surface area contributed by atoms with Gasteiger partial charge in [0.2, 0.25) is 0 Å². The Labute approximate surface area is 101 Å². The summed E-state index contributed by atoms with van der Waals surface area (Å²) < 4.78 is 5.00. The highest BCUT2D eigenvalue weighted by Gasteiger charge is 2.23. The van der Waals surface area contributed by atoms with Gasteiger partial charge in [-0.3, -0.25) is 9.59 Å². The molecule has 0 spiro atoms. The van der Waals surface area contributed by atoms with E-state index in [1.807, 2.05) is 11.8 Å². The highest BCUT2D eigenvalue weighted by molar-refractivity contribution is 7.99. The number of ether oxygens (including phenoxy) is 1. The highest BCUT2D eigenvalue weighted by Crippen LogP contribution is 2.25. The zero-order valence-electron chi connectivity index (χ0n) is 9.87. The maximum atomic E-state index is 11.7. The summed E-state index contributed by atoms with van der Waals surface area (Å²) in [4.78, 5) is 22.9. The predicted octanol–water partition coefficient (Wildman–Crippen LogP) is 2.43. The molecule has 1 fully saturated rings. The van der Waals surface area contributed by atoms with Crippen LogP contribution in [-0.2, 0) is 14.3 Å². The molecule has 1 aliphatic heterocycles. The monoisotopic (exact) mass is 244 g/mol. The van der Waals surface area contributed by atoms with Gasteiger partial charge in [0.15, 0.2) is 0 Å². The third kappa shape index (κ3) is 5.01. The van der Waals surface area contributed by atoms with Crippen molar-refractivity contribution in [3.63, 3.8) is 0 Å². The van der Waals surface area contributed by atoms with Crippen LogP contribution in [-0.4, -0.2) is 29.9 Å². The Kier molecular flexibility index (Phi) is 6.53. The van der Waals surface area contributed by atoms with Crippen molar-refractivity contribution in [2.45, 2.75) is 39.0 Å². The zero-order valence-corrected chi connectivity index (χ0v) is 10.7. The first kappa shape index (κ1) is 13.6. The summed E-state index contributed by atoms with van der Waals surface area (Å²) in [6.45, 7) is 2.54. The fourth-order valence-electron chi connectivity index (χ4n) is 1.62. The fourth-order valence-corrected chi connectivity index (χ4v) is 2.88. The van der Waals surface area contributed by atoms with Crippen molar-refractivity contribution >= 4 is 23.5 Å². The van der Waals surface area contributed by atoms with E-state index in [-0.39, 0.29) is 24.1 Å². The Morgan fingerprint density at radius 1 is 1.38 bits per heavy atom. The van der Waals surface area contributed by atoms with Crippen LogP contribution >= 0.6 is 11.8 Å². The number of rotatable bonds is 7. The van der Waals surface area contributed by atoms with Crippen LogP contribution in [0.2, 0.25) is 0 Å². The molecule has 1 atom stereocenters. The predicted molar refractivity (Wildman–Crippen MR) is 65.5 cm³/mol. The summed E-state index contributed by atoms with van der Waals surface area (Å²) in [5.41, 5.74) is 0. The summed E-state index contributed by atoms with van der Waals surface area (Å²) >= 11 is 1.82. The van der Waals surface area contributed by atoms with Crippen LogP contribution in [0.25, 0.3) is 0 Å². The topological polar surface area (TPSA) is 43.4 Å². The molecule has 1 unspecified atom stereocenters. The molecular weight excluding hydrogens is 224 g/mol. The second kappa shape index (κ2) is 7.71. The maximum Gasteiger partial charge on any atom is 0.306 e. The van der Waals surface area contributed by atoms with Gasteiger partial charge in [-0.1, -0.05) is 13.3 Å². The number of unbranched alkanes of at least 4 members (excludes halogenated alkanes) is 1. The molecule has 0 radical (unpaired) electrons. The van der Waals surface area contributed by atoms with E-state index in [0.29, 0.717) is 13.0 Å². The van der Waals surface area contributed by atoms with Gasteiger partial charge in [0, 0.05) is 18.1 Å². The summed E-state index contributed by atoms with van der Waals surface area (Å²) in [6.07, 6.45) is 3.51. The van der Waals surface area contributed by atoms with E-state index in [9.17, 15) is 9.59 Å². The van der Waals surface area contributed by atoms with Gasteiger partial charge in [0.25, 0.3) is 0 Å². The second-order valence-electron chi connectivity index (χ2n) is 4.10.